The predicted octanol–water partition coefficient (Wildman–Crippen LogP) is 4.90. The molecule has 1 N–H and O–H groups in total. The molecule has 2 aromatic carbocycles. The second-order valence-corrected chi connectivity index (χ2v) is 8.16. The van der Waals surface area contributed by atoms with Crippen LogP contribution < -0.4 is 19.7 Å². The summed E-state index contributed by atoms with van der Waals surface area (Å²) in [6, 6.07) is 14.8. The minimum atomic E-state index is -0.839. The third-order valence-corrected chi connectivity index (χ3v) is 5.62. The van der Waals surface area contributed by atoms with Gasteiger partial charge in [0.05, 0.1) is 25.7 Å². The normalized spacial score (nSPS) is 10.4. The quantitative estimate of drug-likeness (QED) is 0.164. The van der Waals surface area contributed by atoms with Crippen LogP contribution in [0.3, 0.4) is 0 Å². The van der Waals surface area contributed by atoms with E-state index in [4.69, 9.17) is 14.2 Å². The molecule has 0 aliphatic heterocycles. The van der Waals surface area contributed by atoms with E-state index in [1.165, 1.54) is 11.8 Å². The Labute approximate surface area is 212 Å². The topological polar surface area (TPSA) is 129 Å². The van der Waals surface area contributed by atoms with Crippen molar-refractivity contribution in [3.63, 3.8) is 0 Å². The number of methoxy groups -OCH3 is 2. The number of anilines is 2. The van der Waals surface area contributed by atoms with Gasteiger partial charge in [-0.25, -0.2) is 4.79 Å². The standard InChI is InChI=1S/C24H27N5O6S/c1-5-35-24(30)26-21-20(29(31)32)22(27-23(25-21)36-4)28(14-16-6-10-18(33-2)11-7-16)15-17-8-12-19(34-3)13-9-17/h6-13H,5,14-15H2,1-4H3,(H,25,26,27,30). The third-order valence-electron chi connectivity index (χ3n) is 5.07. The SMILES string of the molecule is CCOC(=O)Nc1nc(SC)nc(N(Cc2ccc(OC)cc2)Cc2ccc(OC)cc2)c1[N+](=O)[O-]. The van der Waals surface area contributed by atoms with Crippen LogP contribution in [0.4, 0.5) is 22.1 Å². The molecule has 0 aliphatic carbocycles. The molecule has 1 heterocycles. The summed E-state index contributed by atoms with van der Waals surface area (Å²) in [4.78, 5) is 34.2. The first-order valence-corrected chi connectivity index (χ1v) is 12.2. The number of rotatable bonds is 11. The summed E-state index contributed by atoms with van der Waals surface area (Å²) in [5.74, 6) is 1.22. The van der Waals surface area contributed by atoms with Crippen LogP contribution in [0.1, 0.15) is 18.1 Å². The van der Waals surface area contributed by atoms with Gasteiger partial charge in [0.1, 0.15) is 11.5 Å². The molecule has 11 nitrogen and oxygen atoms in total. The van der Waals surface area contributed by atoms with Gasteiger partial charge < -0.3 is 19.1 Å². The molecule has 0 saturated carbocycles. The summed E-state index contributed by atoms with van der Waals surface area (Å²) in [5.41, 5.74) is 1.33. The summed E-state index contributed by atoms with van der Waals surface area (Å²) >= 11 is 1.20. The maximum absolute atomic E-state index is 12.2. The monoisotopic (exact) mass is 513 g/mol. The zero-order valence-corrected chi connectivity index (χ0v) is 21.2. The highest BCUT2D eigenvalue weighted by atomic mass is 32.2. The van der Waals surface area contributed by atoms with Crippen molar-refractivity contribution in [3.05, 3.63) is 69.8 Å². The van der Waals surface area contributed by atoms with Crippen LogP contribution >= 0.6 is 11.8 Å². The molecule has 0 aliphatic rings. The molecular formula is C24H27N5O6S. The van der Waals surface area contributed by atoms with E-state index in [9.17, 15) is 14.9 Å². The van der Waals surface area contributed by atoms with E-state index in [1.807, 2.05) is 48.5 Å². The van der Waals surface area contributed by atoms with Gasteiger partial charge in [0.25, 0.3) is 0 Å². The molecule has 36 heavy (non-hydrogen) atoms. The molecule has 0 spiro atoms. The molecule has 0 bridgehead atoms. The summed E-state index contributed by atoms with van der Waals surface area (Å²) in [5, 5.41) is 14.9. The number of carbonyl (C=O) groups excluding carboxylic acids is 1. The fourth-order valence-corrected chi connectivity index (χ4v) is 3.72. The molecule has 0 saturated heterocycles. The number of nitrogens with one attached hydrogen (secondary N) is 1. The molecule has 3 rings (SSSR count). The minimum absolute atomic E-state index is 0.0674. The molecule has 0 atom stereocenters. The van der Waals surface area contributed by atoms with Crippen LogP contribution in [0.15, 0.2) is 53.7 Å². The lowest BCUT2D eigenvalue weighted by Gasteiger charge is -2.25. The smallest absolute Gasteiger partial charge is 0.412 e. The Bertz CT molecular complexity index is 1140. The highest BCUT2D eigenvalue weighted by molar-refractivity contribution is 7.98. The number of hydrogen-bond acceptors (Lipinski definition) is 10. The maximum atomic E-state index is 12.2. The summed E-state index contributed by atoms with van der Waals surface area (Å²) in [6.45, 7) is 2.33. The Morgan fingerprint density at radius 2 is 1.53 bits per heavy atom. The first-order chi connectivity index (χ1) is 17.4. The number of ether oxygens (including phenoxy) is 3. The molecule has 190 valence electrons. The van der Waals surface area contributed by atoms with Crippen molar-refractivity contribution in [2.75, 3.05) is 37.3 Å². The number of thioether (sulfide) groups is 1. The van der Waals surface area contributed by atoms with Crippen molar-refractivity contribution in [2.24, 2.45) is 0 Å². The van der Waals surface area contributed by atoms with Gasteiger partial charge in [-0.15, -0.1) is 0 Å². The zero-order chi connectivity index (χ0) is 26.1. The van der Waals surface area contributed by atoms with Crippen LogP contribution in [0.25, 0.3) is 0 Å². The van der Waals surface area contributed by atoms with Crippen molar-refractivity contribution in [2.45, 2.75) is 25.2 Å². The molecular weight excluding hydrogens is 486 g/mol. The van der Waals surface area contributed by atoms with E-state index >= 15 is 0 Å². The van der Waals surface area contributed by atoms with E-state index in [0.29, 0.717) is 24.6 Å². The van der Waals surface area contributed by atoms with Gasteiger partial charge in [-0.05, 0) is 48.6 Å². The number of benzene rings is 2. The maximum Gasteiger partial charge on any atom is 0.412 e. The number of nitrogens with zero attached hydrogens (tertiary/aromatic N) is 4. The fourth-order valence-electron chi connectivity index (χ4n) is 3.36. The second-order valence-electron chi connectivity index (χ2n) is 7.39. The van der Waals surface area contributed by atoms with Crippen LogP contribution in [-0.2, 0) is 17.8 Å². The van der Waals surface area contributed by atoms with Crippen LogP contribution in [-0.4, -0.2) is 48.1 Å². The first-order valence-electron chi connectivity index (χ1n) is 10.9. The number of amides is 1. The Morgan fingerprint density at radius 1 is 1.00 bits per heavy atom. The van der Waals surface area contributed by atoms with Gasteiger partial charge in [0, 0.05) is 13.1 Å². The van der Waals surface area contributed by atoms with E-state index in [0.717, 1.165) is 11.1 Å². The van der Waals surface area contributed by atoms with Gasteiger partial charge in [0.2, 0.25) is 11.6 Å². The zero-order valence-electron chi connectivity index (χ0n) is 20.4. The lowest BCUT2D eigenvalue weighted by molar-refractivity contribution is -0.383. The fraction of sp³-hybridized carbons (Fsp3) is 0.292. The largest absolute Gasteiger partial charge is 0.497 e. The van der Waals surface area contributed by atoms with Crippen molar-refractivity contribution in [1.82, 2.24) is 9.97 Å². The molecule has 0 unspecified atom stereocenters. The Morgan fingerprint density at radius 3 is 1.94 bits per heavy atom. The third kappa shape index (κ3) is 6.75. The molecule has 0 fully saturated rings. The van der Waals surface area contributed by atoms with E-state index < -0.39 is 16.7 Å². The Balaban J connectivity index is 2.11. The van der Waals surface area contributed by atoms with Gasteiger partial charge in [-0.2, -0.15) is 9.97 Å². The summed E-state index contributed by atoms with van der Waals surface area (Å²) < 4.78 is 15.4. The lowest BCUT2D eigenvalue weighted by Crippen LogP contribution is -2.26. The van der Waals surface area contributed by atoms with E-state index in [2.05, 4.69) is 15.3 Å². The van der Waals surface area contributed by atoms with E-state index in [-0.39, 0.29) is 23.4 Å². The number of hydrogen-bond donors (Lipinski definition) is 1. The number of aromatic nitrogens is 2. The van der Waals surface area contributed by atoms with Gasteiger partial charge in [-0.3, -0.25) is 15.4 Å². The van der Waals surface area contributed by atoms with Gasteiger partial charge >= 0.3 is 11.8 Å². The van der Waals surface area contributed by atoms with Crippen molar-refractivity contribution < 1.29 is 23.9 Å². The molecule has 1 amide bonds. The van der Waals surface area contributed by atoms with Crippen LogP contribution in [0.5, 0.6) is 11.5 Å². The van der Waals surface area contributed by atoms with Crippen LogP contribution in [0, 0.1) is 10.1 Å². The molecule has 1 aromatic heterocycles. The average molecular weight is 514 g/mol. The average Bonchev–Trinajstić information content (AvgIpc) is 2.88. The Kier molecular flexibility index (Phi) is 9.28. The first kappa shape index (κ1) is 26.5. The summed E-state index contributed by atoms with van der Waals surface area (Å²) in [6.07, 6.45) is 0.908. The number of carbonyl (C=O) groups is 1. The van der Waals surface area contributed by atoms with Crippen molar-refractivity contribution >= 4 is 35.2 Å². The Hall–Kier alpha value is -4.06. The van der Waals surface area contributed by atoms with Gasteiger partial charge in [-0.1, -0.05) is 36.0 Å². The molecule has 12 heteroatoms. The minimum Gasteiger partial charge on any atom is -0.497 e. The lowest BCUT2D eigenvalue weighted by atomic mass is 10.1. The second kappa shape index (κ2) is 12.6. The molecule has 3 aromatic rings. The number of nitro groups is 1. The van der Waals surface area contributed by atoms with Crippen molar-refractivity contribution in [3.8, 4) is 11.5 Å². The highest BCUT2D eigenvalue weighted by Gasteiger charge is 2.30. The highest BCUT2D eigenvalue weighted by Crippen LogP contribution is 2.36. The van der Waals surface area contributed by atoms with Gasteiger partial charge in [0.15, 0.2) is 5.16 Å². The van der Waals surface area contributed by atoms with Crippen molar-refractivity contribution in [1.29, 1.82) is 0 Å². The van der Waals surface area contributed by atoms with Crippen LogP contribution in [0.2, 0.25) is 0 Å². The molecule has 0 radical (unpaired) electrons. The predicted molar refractivity (Wildman–Crippen MR) is 137 cm³/mol. The summed E-state index contributed by atoms with van der Waals surface area (Å²) in [7, 11) is 3.16. The van der Waals surface area contributed by atoms with E-state index in [1.54, 1.807) is 32.3 Å².